The van der Waals surface area contributed by atoms with Gasteiger partial charge in [0.2, 0.25) is 0 Å². The van der Waals surface area contributed by atoms with E-state index >= 15 is 0 Å². The average Bonchev–Trinajstić information content (AvgIpc) is 2.70. The fourth-order valence-corrected chi connectivity index (χ4v) is 3.25. The van der Waals surface area contributed by atoms with Gasteiger partial charge in [0.15, 0.2) is 0 Å². The molecule has 2 aromatic carbocycles. The second-order valence-corrected chi connectivity index (χ2v) is 6.62. The summed E-state index contributed by atoms with van der Waals surface area (Å²) in [4.78, 5) is 28.0. The number of hydrogen-bond donors (Lipinski definition) is 0. The molecule has 0 atom stereocenters. The SMILES string of the molecule is C=Cc1ccc2cc(C(=O)OC3CN(COC)C(=O)N(COC)C3)ccc2c1. The number of nitrogens with zero attached hydrogens (tertiary/aromatic N) is 2. The Morgan fingerprint density at radius 2 is 1.68 bits per heavy atom. The average molecular weight is 384 g/mol. The predicted octanol–water partition coefficient (Wildman–Crippen LogP) is 2.95. The van der Waals surface area contributed by atoms with Crippen LogP contribution < -0.4 is 0 Å². The zero-order valence-electron chi connectivity index (χ0n) is 16.1. The van der Waals surface area contributed by atoms with E-state index < -0.39 is 12.1 Å². The molecule has 0 aromatic heterocycles. The number of rotatable bonds is 7. The van der Waals surface area contributed by atoms with Gasteiger partial charge >= 0.3 is 12.0 Å². The zero-order chi connectivity index (χ0) is 20.1. The van der Waals surface area contributed by atoms with Gasteiger partial charge in [0.1, 0.15) is 19.6 Å². The Hall–Kier alpha value is -2.90. The van der Waals surface area contributed by atoms with E-state index in [0.717, 1.165) is 16.3 Å². The quantitative estimate of drug-likeness (QED) is 0.687. The van der Waals surface area contributed by atoms with Gasteiger partial charge < -0.3 is 14.2 Å². The molecule has 0 spiro atoms. The molecule has 28 heavy (non-hydrogen) atoms. The van der Waals surface area contributed by atoms with Crippen LogP contribution in [0, 0.1) is 0 Å². The molecule has 2 aromatic rings. The van der Waals surface area contributed by atoms with Crippen LogP contribution >= 0.6 is 0 Å². The standard InChI is InChI=1S/C21H24N2O5/c1-4-15-5-6-17-10-18(8-7-16(17)9-15)20(24)28-19-11-22(13-26-2)21(25)23(12-19)14-27-3/h4-10,19H,1,11-14H2,2-3H3. The number of amides is 2. The summed E-state index contributed by atoms with van der Waals surface area (Å²) < 4.78 is 15.8. The first-order valence-electron chi connectivity index (χ1n) is 8.94. The first kappa shape index (κ1) is 19.9. The first-order chi connectivity index (χ1) is 13.5. The highest BCUT2D eigenvalue weighted by Crippen LogP contribution is 2.20. The molecule has 1 aliphatic heterocycles. The molecule has 7 nitrogen and oxygen atoms in total. The molecular weight excluding hydrogens is 360 g/mol. The molecular formula is C21H24N2O5. The molecule has 1 fully saturated rings. The number of urea groups is 1. The van der Waals surface area contributed by atoms with Crippen molar-refractivity contribution in [2.24, 2.45) is 0 Å². The molecule has 1 heterocycles. The van der Waals surface area contributed by atoms with Crippen molar-refractivity contribution in [2.75, 3.05) is 40.8 Å². The molecule has 3 rings (SSSR count). The van der Waals surface area contributed by atoms with Crippen LogP contribution in [0.25, 0.3) is 16.8 Å². The number of ether oxygens (including phenoxy) is 3. The monoisotopic (exact) mass is 384 g/mol. The van der Waals surface area contributed by atoms with Crippen molar-refractivity contribution < 1.29 is 23.8 Å². The maximum Gasteiger partial charge on any atom is 0.338 e. The topological polar surface area (TPSA) is 68.3 Å². The lowest BCUT2D eigenvalue weighted by molar-refractivity contribution is -0.0401. The summed E-state index contributed by atoms with van der Waals surface area (Å²) in [6.07, 6.45) is 1.30. The molecule has 1 aliphatic rings. The molecule has 148 valence electrons. The maximum atomic E-state index is 12.7. The van der Waals surface area contributed by atoms with Crippen LogP contribution in [0.4, 0.5) is 4.79 Å². The molecule has 7 heteroatoms. The molecule has 0 radical (unpaired) electrons. The Kier molecular flexibility index (Phi) is 6.28. The van der Waals surface area contributed by atoms with Crippen molar-refractivity contribution in [1.29, 1.82) is 0 Å². The lowest BCUT2D eigenvalue weighted by atomic mass is 10.0. The highest BCUT2D eigenvalue weighted by Gasteiger charge is 2.33. The van der Waals surface area contributed by atoms with Gasteiger partial charge in [0.25, 0.3) is 0 Å². The number of carbonyl (C=O) groups excluding carboxylic acids is 2. The summed E-state index contributed by atoms with van der Waals surface area (Å²) in [5.74, 6) is -0.427. The normalized spacial score (nSPS) is 15.1. The Bertz CT molecular complexity index is 864. The number of esters is 1. The third-order valence-electron chi connectivity index (χ3n) is 4.57. The van der Waals surface area contributed by atoms with E-state index in [4.69, 9.17) is 14.2 Å². The van der Waals surface area contributed by atoms with E-state index in [9.17, 15) is 9.59 Å². The second kappa shape index (κ2) is 8.86. The van der Waals surface area contributed by atoms with Crippen LogP contribution in [0.5, 0.6) is 0 Å². The summed E-state index contributed by atoms with van der Waals surface area (Å²) >= 11 is 0. The van der Waals surface area contributed by atoms with Gasteiger partial charge in [0, 0.05) is 14.2 Å². The zero-order valence-corrected chi connectivity index (χ0v) is 16.1. The largest absolute Gasteiger partial charge is 0.455 e. The van der Waals surface area contributed by atoms with Crippen LogP contribution in [0.15, 0.2) is 43.0 Å². The van der Waals surface area contributed by atoms with E-state index in [1.54, 1.807) is 18.2 Å². The van der Waals surface area contributed by atoms with E-state index in [-0.39, 0.29) is 32.6 Å². The van der Waals surface area contributed by atoms with Gasteiger partial charge in [-0.1, -0.05) is 30.9 Å². The van der Waals surface area contributed by atoms with Gasteiger partial charge in [-0.05, 0) is 34.5 Å². The van der Waals surface area contributed by atoms with Crippen molar-refractivity contribution in [3.05, 3.63) is 54.1 Å². The molecule has 1 saturated heterocycles. The van der Waals surface area contributed by atoms with Crippen molar-refractivity contribution in [1.82, 2.24) is 9.80 Å². The highest BCUT2D eigenvalue weighted by atomic mass is 16.5. The third kappa shape index (κ3) is 4.32. The third-order valence-corrected chi connectivity index (χ3v) is 4.57. The van der Waals surface area contributed by atoms with Gasteiger partial charge in [-0.25, -0.2) is 9.59 Å². The fourth-order valence-electron chi connectivity index (χ4n) is 3.25. The Labute approximate surface area is 164 Å². The highest BCUT2D eigenvalue weighted by molar-refractivity contribution is 5.96. The summed E-state index contributed by atoms with van der Waals surface area (Å²) in [6, 6.07) is 11.1. The molecule has 0 saturated carbocycles. The Morgan fingerprint density at radius 1 is 1.07 bits per heavy atom. The van der Waals surface area contributed by atoms with Gasteiger partial charge in [-0.3, -0.25) is 9.80 Å². The fraction of sp³-hybridized carbons (Fsp3) is 0.333. The Balaban J connectivity index is 1.74. The van der Waals surface area contributed by atoms with E-state index in [1.807, 2.05) is 24.3 Å². The predicted molar refractivity (Wildman–Crippen MR) is 106 cm³/mol. The van der Waals surface area contributed by atoms with E-state index in [2.05, 4.69) is 6.58 Å². The number of hydrogen-bond acceptors (Lipinski definition) is 5. The van der Waals surface area contributed by atoms with Crippen LogP contribution in [-0.2, 0) is 14.2 Å². The number of benzene rings is 2. The first-order valence-corrected chi connectivity index (χ1v) is 8.94. The second-order valence-electron chi connectivity index (χ2n) is 6.62. The molecule has 0 aliphatic carbocycles. The van der Waals surface area contributed by atoms with Crippen LogP contribution in [-0.4, -0.2) is 68.7 Å². The molecule has 2 amide bonds. The molecule has 0 unspecified atom stereocenters. The van der Waals surface area contributed by atoms with Crippen molar-refractivity contribution in [3.63, 3.8) is 0 Å². The van der Waals surface area contributed by atoms with Crippen LogP contribution in [0.1, 0.15) is 15.9 Å². The number of carbonyl (C=O) groups is 2. The minimum Gasteiger partial charge on any atom is -0.455 e. The van der Waals surface area contributed by atoms with Gasteiger partial charge in [0.05, 0.1) is 18.7 Å². The molecule has 0 N–H and O–H groups in total. The number of methoxy groups -OCH3 is 2. The van der Waals surface area contributed by atoms with Gasteiger partial charge in [-0.2, -0.15) is 0 Å². The van der Waals surface area contributed by atoms with E-state index in [0.29, 0.717) is 5.56 Å². The van der Waals surface area contributed by atoms with Crippen LogP contribution in [0.3, 0.4) is 0 Å². The van der Waals surface area contributed by atoms with Crippen molar-refractivity contribution >= 4 is 28.8 Å². The summed E-state index contributed by atoms with van der Waals surface area (Å²) in [5, 5.41) is 1.97. The lowest BCUT2D eigenvalue weighted by Gasteiger charge is -2.38. The van der Waals surface area contributed by atoms with Crippen molar-refractivity contribution in [2.45, 2.75) is 6.10 Å². The smallest absolute Gasteiger partial charge is 0.338 e. The van der Waals surface area contributed by atoms with Gasteiger partial charge in [-0.15, -0.1) is 0 Å². The summed E-state index contributed by atoms with van der Waals surface area (Å²) in [7, 11) is 3.02. The van der Waals surface area contributed by atoms with Crippen LogP contribution in [0.2, 0.25) is 0 Å². The van der Waals surface area contributed by atoms with Crippen molar-refractivity contribution in [3.8, 4) is 0 Å². The minimum atomic E-state index is -0.477. The summed E-state index contributed by atoms with van der Waals surface area (Å²) in [5.41, 5.74) is 1.48. The maximum absolute atomic E-state index is 12.7. The molecule has 0 bridgehead atoms. The van der Waals surface area contributed by atoms with E-state index in [1.165, 1.54) is 24.0 Å². The summed E-state index contributed by atoms with van der Waals surface area (Å²) in [6.45, 7) is 4.55. The number of fused-ring (bicyclic) bond motifs is 1. The minimum absolute atomic E-state index is 0.120. The lowest BCUT2D eigenvalue weighted by Crippen LogP contribution is -2.57. The Morgan fingerprint density at radius 3 is 2.29 bits per heavy atom.